The number of amides is 1. The molecule has 1 aromatic heterocycles. The van der Waals surface area contributed by atoms with E-state index in [2.05, 4.69) is 15.5 Å². The van der Waals surface area contributed by atoms with E-state index in [4.69, 9.17) is 14.0 Å². The number of rotatable bonds is 7. The normalized spacial score (nSPS) is 10.5. The molecule has 0 aliphatic carbocycles. The minimum Gasteiger partial charge on any atom is -0.497 e. The summed E-state index contributed by atoms with van der Waals surface area (Å²) in [5, 5.41) is 6.64. The Bertz CT molecular complexity index is 903. The summed E-state index contributed by atoms with van der Waals surface area (Å²) >= 11 is 0. The van der Waals surface area contributed by atoms with E-state index in [-0.39, 0.29) is 11.7 Å². The molecule has 0 radical (unpaired) electrons. The van der Waals surface area contributed by atoms with Gasteiger partial charge in [-0.15, -0.1) is 0 Å². The highest BCUT2D eigenvalue weighted by molar-refractivity contribution is 5.95. The van der Waals surface area contributed by atoms with Gasteiger partial charge >= 0.3 is 0 Å². The first kappa shape index (κ1) is 18.4. The molecular weight excluding hydrogens is 353 g/mol. The molecule has 2 aromatic carbocycles. The van der Waals surface area contributed by atoms with E-state index in [0.717, 1.165) is 0 Å². The molecule has 8 heteroatoms. The first-order valence-corrected chi connectivity index (χ1v) is 8.19. The lowest BCUT2D eigenvalue weighted by Crippen LogP contribution is -2.25. The molecular formula is C19H18FN3O4. The Morgan fingerprint density at radius 1 is 1.11 bits per heavy atom. The second kappa shape index (κ2) is 8.31. The lowest BCUT2D eigenvalue weighted by Gasteiger charge is -2.08. The summed E-state index contributed by atoms with van der Waals surface area (Å²) < 4.78 is 28.4. The van der Waals surface area contributed by atoms with Crippen LogP contribution in [0.15, 0.2) is 47.0 Å². The summed E-state index contributed by atoms with van der Waals surface area (Å²) in [5.41, 5.74) is 1.07. The summed E-state index contributed by atoms with van der Waals surface area (Å²) in [5.74, 6) is 1.19. The topological polar surface area (TPSA) is 86.5 Å². The standard InChI is InChI=1S/C19H18FN3O4/c1-25-15-9-13(10-16(11-15)26-2)19(24)21-8-7-17-22-18(23-27-17)12-3-5-14(20)6-4-12/h3-6,9-11H,7-8H2,1-2H3,(H,21,24). The van der Waals surface area contributed by atoms with Crippen molar-refractivity contribution in [1.82, 2.24) is 15.5 Å². The number of halogens is 1. The van der Waals surface area contributed by atoms with Gasteiger partial charge in [0.05, 0.1) is 14.2 Å². The molecule has 7 nitrogen and oxygen atoms in total. The second-order valence-corrected chi connectivity index (χ2v) is 5.63. The van der Waals surface area contributed by atoms with E-state index in [1.165, 1.54) is 26.4 Å². The minimum absolute atomic E-state index is 0.273. The lowest BCUT2D eigenvalue weighted by atomic mass is 10.2. The van der Waals surface area contributed by atoms with Gasteiger partial charge in [0.2, 0.25) is 11.7 Å². The number of carbonyl (C=O) groups excluding carboxylic acids is 1. The number of hydrogen-bond donors (Lipinski definition) is 1. The molecule has 0 saturated carbocycles. The fraction of sp³-hybridized carbons (Fsp3) is 0.211. The number of methoxy groups -OCH3 is 2. The van der Waals surface area contributed by atoms with Crippen LogP contribution in [0.2, 0.25) is 0 Å². The molecule has 3 aromatic rings. The Labute approximate surface area is 155 Å². The summed E-state index contributed by atoms with van der Waals surface area (Å²) in [4.78, 5) is 16.5. The maximum absolute atomic E-state index is 13.0. The second-order valence-electron chi connectivity index (χ2n) is 5.63. The van der Waals surface area contributed by atoms with E-state index in [1.54, 1.807) is 30.3 Å². The van der Waals surface area contributed by atoms with Crippen LogP contribution in [-0.4, -0.2) is 36.8 Å². The van der Waals surface area contributed by atoms with E-state index >= 15 is 0 Å². The van der Waals surface area contributed by atoms with Gasteiger partial charge in [-0.1, -0.05) is 5.16 Å². The summed E-state index contributed by atoms with van der Waals surface area (Å²) in [6.45, 7) is 0.309. The van der Waals surface area contributed by atoms with Gasteiger partial charge in [0, 0.05) is 30.2 Å². The fourth-order valence-electron chi connectivity index (χ4n) is 2.40. The molecule has 1 amide bonds. The van der Waals surface area contributed by atoms with E-state index < -0.39 is 0 Å². The van der Waals surface area contributed by atoms with Crippen molar-refractivity contribution in [3.63, 3.8) is 0 Å². The SMILES string of the molecule is COc1cc(OC)cc(C(=O)NCCc2nc(-c3ccc(F)cc3)no2)c1. The maximum atomic E-state index is 13.0. The van der Waals surface area contributed by atoms with Crippen molar-refractivity contribution in [2.75, 3.05) is 20.8 Å². The quantitative estimate of drug-likeness (QED) is 0.687. The average molecular weight is 371 g/mol. The van der Waals surface area contributed by atoms with Gasteiger partial charge in [-0.05, 0) is 36.4 Å². The number of aromatic nitrogens is 2. The van der Waals surface area contributed by atoms with Crippen LogP contribution < -0.4 is 14.8 Å². The van der Waals surface area contributed by atoms with Crippen molar-refractivity contribution in [1.29, 1.82) is 0 Å². The van der Waals surface area contributed by atoms with Crippen LogP contribution >= 0.6 is 0 Å². The van der Waals surface area contributed by atoms with Gasteiger partial charge in [0.1, 0.15) is 17.3 Å². The smallest absolute Gasteiger partial charge is 0.251 e. The number of benzene rings is 2. The average Bonchev–Trinajstić information content (AvgIpc) is 3.16. The van der Waals surface area contributed by atoms with Gasteiger partial charge in [-0.25, -0.2) is 4.39 Å². The number of hydrogen-bond acceptors (Lipinski definition) is 6. The summed E-state index contributed by atoms with van der Waals surface area (Å²) in [7, 11) is 3.04. The molecule has 27 heavy (non-hydrogen) atoms. The zero-order chi connectivity index (χ0) is 19.2. The van der Waals surface area contributed by atoms with Gasteiger partial charge in [-0.3, -0.25) is 4.79 Å². The maximum Gasteiger partial charge on any atom is 0.251 e. The van der Waals surface area contributed by atoms with Crippen LogP contribution in [0.5, 0.6) is 11.5 Å². The molecule has 3 rings (SSSR count). The summed E-state index contributed by atoms with van der Waals surface area (Å²) in [6.07, 6.45) is 0.362. The molecule has 0 fully saturated rings. The van der Waals surface area contributed by atoms with Gasteiger partial charge in [0.15, 0.2) is 0 Å². The molecule has 1 heterocycles. The molecule has 1 N–H and O–H groups in total. The number of nitrogens with one attached hydrogen (secondary N) is 1. The third-order valence-electron chi connectivity index (χ3n) is 3.81. The third kappa shape index (κ3) is 4.60. The Morgan fingerprint density at radius 3 is 2.41 bits per heavy atom. The van der Waals surface area contributed by atoms with Crippen molar-refractivity contribution in [2.24, 2.45) is 0 Å². The highest BCUT2D eigenvalue weighted by atomic mass is 19.1. The molecule has 0 spiro atoms. The number of nitrogens with zero attached hydrogens (tertiary/aromatic N) is 2. The Hall–Kier alpha value is -3.42. The van der Waals surface area contributed by atoms with Crippen molar-refractivity contribution < 1.29 is 23.2 Å². The highest BCUT2D eigenvalue weighted by Crippen LogP contribution is 2.22. The number of ether oxygens (including phenoxy) is 2. The predicted molar refractivity (Wildman–Crippen MR) is 95.3 cm³/mol. The number of carbonyl (C=O) groups is 1. The molecule has 0 bridgehead atoms. The molecule has 0 atom stereocenters. The molecule has 0 unspecified atom stereocenters. The Kier molecular flexibility index (Phi) is 5.65. The Balaban J connectivity index is 1.58. The largest absolute Gasteiger partial charge is 0.497 e. The Morgan fingerprint density at radius 2 is 1.78 bits per heavy atom. The monoisotopic (exact) mass is 371 g/mol. The van der Waals surface area contributed by atoms with Crippen molar-refractivity contribution in [3.05, 3.63) is 59.7 Å². The molecule has 0 saturated heterocycles. The first-order chi connectivity index (χ1) is 13.1. The molecule has 0 aliphatic rings. The molecule has 140 valence electrons. The first-order valence-electron chi connectivity index (χ1n) is 8.19. The van der Waals surface area contributed by atoms with Crippen molar-refractivity contribution in [3.8, 4) is 22.9 Å². The van der Waals surface area contributed by atoms with Gasteiger partial charge in [-0.2, -0.15) is 4.98 Å². The van der Waals surface area contributed by atoms with Gasteiger partial charge in [0.25, 0.3) is 5.91 Å². The van der Waals surface area contributed by atoms with Gasteiger partial charge < -0.3 is 19.3 Å². The van der Waals surface area contributed by atoms with E-state index in [0.29, 0.717) is 47.3 Å². The van der Waals surface area contributed by atoms with E-state index in [1.807, 2.05) is 0 Å². The highest BCUT2D eigenvalue weighted by Gasteiger charge is 2.12. The zero-order valence-corrected chi connectivity index (χ0v) is 14.9. The van der Waals surface area contributed by atoms with Crippen molar-refractivity contribution >= 4 is 5.91 Å². The predicted octanol–water partition coefficient (Wildman–Crippen LogP) is 2.87. The van der Waals surface area contributed by atoms with Crippen LogP contribution in [0.1, 0.15) is 16.2 Å². The minimum atomic E-state index is -0.334. The third-order valence-corrected chi connectivity index (χ3v) is 3.81. The fourth-order valence-corrected chi connectivity index (χ4v) is 2.40. The zero-order valence-electron chi connectivity index (χ0n) is 14.9. The van der Waals surface area contributed by atoms with E-state index in [9.17, 15) is 9.18 Å². The lowest BCUT2D eigenvalue weighted by molar-refractivity contribution is 0.0952. The molecule has 0 aliphatic heterocycles. The van der Waals surface area contributed by atoms with Crippen LogP contribution in [0, 0.1) is 5.82 Å². The van der Waals surface area contributed by atoms with Crippen LogP contribution in [0.3, 0.4) is 0 Å². The van der Waals surface area contributed by atoms with Crippen LogP contribution in [0.25, 0.3) is 11.4 Å². The van der Waals surface area contributed by atoms with Crippen LogP contribution in [-0.2, 0) is 6.42 Å². The van der Waals surface area contributed by atoms with Crippen LogP contribution in [0.4, 0.5) is 4.39 Å². The van der Waals surface area contributed by atoms with Crippen molar-refractivity contribution in [2.45, 2.75) is 6.42 Å². The summed E-state index contributed by atoms with van der Waals surface area (Å²) in [6, 6.07) is 10.7.